The third kappa shape index (κ3) is 1.64. The van der Waals surface area contributed by atoms with E-state index < -0.39 is 0 Å². The van der Waals surface area contributed by atoms with Crippen molar-refractivity contribution in [1.82, 2.24) is 0 Å². The van der Waals surface area contributed by atoms with Gasteiger partial charge in [0.15, 0.2) is 0 Å². The summed E-state index contributed by atoms with van der Waals surface area (Å²) in [5.41, 5.74) is 1.47. The minimum atomic E-state index is -0.387. The van der Waals surface area contributed by atoms with Gasteiger partial charge < -0.3 is 10.2 Å². The van der Waals surface area contributed by atoms with Crippen molar-refractivity contribution < 1.29 is 10.2 Å². The Morgan fingerprint density at radius 3 is 2.55 bits per heavy atom. The third-order valence-electron chi connectivity index (χ3n) is 8.46. The molecule has 4 aliphatic carbocycles. The van der Waals surface area contributed by atoms with Crippen LogP contribution in [0.5, 0.6) is 0 Å². The highest BCUT2D eigenvalue weighted by Crippen LogP contribution is 2.71. The van der Waals surface area contributed by atoms with Gasteiger partial charge in [0.25, 0.3) is 0 Å². The van der Waals surface area contributed by atoms with Crippen LogP contribution >= 0.6 is 0 Å². The first-order valence-corrected chi connectivity index (χ1v) is 9.27. The minimum absolute atomic E-state index is 0.0852. The molecule has 4 rings (SSSR count). The van der Waals surface area contributed by atoms with E-state index in [-0.39, 0.29) is 29.0 Å². The van der Waals surface area contributed by atoms with Gasteiger partial charge in [-0.15, -0.1) is 0 Å². The van der Waals surface area contributed by atoms with Crippen molar-refractivity contribution in [2.75, 3.05) is 0 Å². The first-order chi connectivity index (χ1) is 10.2. The fourth-order valence-electron chi connectivity index (χ4n) is 7.80. The SMILES string of the molecule is C=C1[C@@H]2C[C@H](O)[C@H]3[C@]4(C)CCCC(C)(C)[C@H]4CC[C@]3(C2)[C@@H]1O. The number of hydrogen-bond acceptors (Lipinski definition) is 2. The third-order valence-corrected chi connectivity index (χ3v) is 8.46. The molecule has 0 aliphatic heterocycles. The lowest BCUT2D eigenvalue weighted by molar-refractivity contribution is -0.203. The van der Waals surface area contributed by atoms with Crippen molar-refractivity contribution >= 4 is 0 Å². The van der Waals surface area contributed by atoms with Gasteiger partial charge in [-0.1, -0.05) is 33.8 Å². The van der Waals surface area contributed by atoms with E-state index in [0.717, 1.165) is 24.8 Å². The van der Waals surface area contributed by atoms with E-state index in [0.29, 0.717) is 17.3 Å². The van der Waals surface area contributed by atoms with Gasteiger partial charge in [0.05, 0.1) is 12.2 Å². The van der Waals surface area contributed by atoms with Gasteiger partial charge >= 0.3 is 0 Å². The maximum Gasteiger partial charge on any atom is 0.0810 e. The Hall–Kier alpha value is -0.340. The summed E-state index contributed by atoms with van der Waals surface area (Å²) in [4.78, 5) is 0. The van der Waals surface area contributed by atoms with Crippen LogP contribution in [0.3, 0.4) is 0 Å². The summed E-state index contributed by atoms with van der Waals surface area (Å²) >= 11 is 0. The summed E-state index contributed by atoms with van der Waals surface area (Å²) in [6.07, 6.45) is 7.33. The highest BCUT2D eigenvalue weighted by atomic mass is 16.3. The number of fused-ring (bicyclic) bond motifs is 3. The fraction of sp³-hybridized carbons (Fsp3) is 0.900. The van der Waals surface area contributed by atoms with Crippen LogP contribution in [0.15, 0.2) is 12.2 Å². The average Bonchev–Trinajstić information content (AvgIpc) is 2.59. The molecule has 2 nitrogen and oxygen atoms in total. The molecule has 0 unspecified atom stereocenters. The molecular weight excluding hydrogens is 272 g/mol. The molecule has 4 saturated carbocycles. The van der Waals surface area contributed by atoms with Gasteiger partial charge in [0.1, 0.15) is 0 Å². The van der Waals surface area contributed by atoms with Crippen LogP contribution in [0.2, 0.25) is 0 Å². The largest absolute Gasteiger partial charge is 0.393 e. The van der Waals surface area contributed by atoms with E-state index in [1.807, 2.05) is 0 Å². The fourth-order valence-corrected chi connectivity index (χ4v) is 7.80. The molecule has 0 aromatic carbocycles. The first-order valence-electron chi connectivity index (χ1n) is 9.27. The van der Waals surface area contributed by atoms with Crippen molar-refractivity contribution in [2.45, 2.75) is 77.9 Å². The summed E-state index contributed by atoms with van der Waals surface area (Å²) in [6, 6.07) is 0. The number of aliphatic hydroxyl groups is 2. The molecule has 2 bridgehead atoms. The molecule has 4 aliphatic rings. The molecule has 2 N–H and O–H groups in total. The molecule has 4 fully saturated rings. The Kier molecular flexibility index (Phi) is 3.03. The second-order valence-corrected chi connectivity index (χ2v) is 9.83. The Bertz CT molecular complexity index is 510. The van der Waals surface area contributed by atoms with Crippen molar-refractivity contribution in [3.63, 3.8) is 0 Å². The first kappa shape index (κ1) is 15.2. The standard InChI is InChI=1S/C20H32O2/c1-12-13-10-14(21)16-19(4)8-5-7-18(2,3)15(19)6-9-20(16,11-13)17(12)22/h13-17,21-22H,1,5-11H2,2-4H3/t13-,14+,15-,16+,17-,19-,20-/m1/s1. The second-order valence-electron chi connectivity index (χ2n) is 9.83. The Morgan fingerprint density at radius 2 is 1.82 bits per heavy atom. The van der Waals surface area contributed by atoms with Gasteiger partial charge in [0, 0.05) is 5.41 Å². The molecule has 7 atom stereocenters. The maximum absolute atomic E-state index is 11.0. The summed E-state index contributed by atoms with van der Waals surface area (Å²) in [7, 11) is 0. The number of rotatable bonds is 0. The van der Waals surface area contributed by atoms with E-state index in [9.17, 15) is 10.2 Å². The maximum atomic E-state index is 11.0. The van der Waals surface area contributed by atoms with Gasteiger partial charge in [-0.05, 0) is 72.7 Å². The Labute approximate surface area is 135 Å². The second kappa shape index (κ2) is 4.39. The molecule has 0 aromatic heterocycles. The molecule has 1 spiro atoms. The Balaban J connectivity index is 1.82. The summed E-state index contributed by atoms with van der Waals surface area (Å²) in [5, 5.41) is 22.0. The van der Waals surface area contributed by atoms with Crippen molar-refractivity contribution in [1.29, 1.82) is 0 Å². The topological polar surface area (TPSA) is 40.5 Å². The highest BCUT2D eigenvalue weighted by molar-refractivity contribution is 5.28. The molecule has 22 heavy (non-hydrogen) atoms. The van der Waals surface area contributed by atoms with Gasteiger partial charge in [-0.25, -0.2) is 0 Å². The molecule has 124 valence electrons. The predicted octanol–water partition coefficient (Wildman–Crippen LogP) is 3.92. The zero-order valence-electron chi connectivity index (χ0n) is 14.4. The molecule has 2 heteroatoms. The van der Waals surface area contributed by atoms with Crippen LogP contribution in [0.4, 0.5) is 0 Å². The van der Waals surface area contributed by atoms with Crippen molar-refractivity contribution in [3.05, 3.63) is 12.2 Å². The van der Waals surface area contributed by atoms with Crippen LogP contribution in [-0.4, -0.2) is 22.4 Å². The minimum Gasteiger partial charge on any atom is -0.393 e. The van der Waals surface area contributed by atoms with E-state index in [2.05, 4.69) is 27.4 Å². The highest BCUT2D eigenvalue weighted by Gasteiger charge is 2.68. The number of hydrogen-bond donors (Lipinski definition) is 2. The monoisotopic (exact) mass is 304 g/mol. The predicted molar refractivity (Wildman–Crippen MR) is 88.3 cm³/mol. The average molecular weight is 304 g/mol. The zero-order chi connectivity index (χ0) is 15.9. The van der Waals surface area contributed by atoms with Crippen molar-refractivity contribution in [3.8, 4) is 0 Å². The van der Waals surface area contributed by atoms with Crippen LogP contribution in [0.25, 0.3) is 0 Å². The van der Waals surface area contributed by atoms with Gasteiger partial charge in [0.2, 0.25) is 0 Å². The van der Waals surface area contributed by atoms with Crippen molar-refractivity contribution in [2.24, 2.45) is 34.0 Å². The summed E-state index contributed by atoms with van der Waals surface area (Å²) in [6.45, 7) is 11.5. The lowest BCUT2D eigenvalue weighted by atomic mass is 9.40. The summed E-state index contributed by atoms with van der Waals surface area (Å²) < 4.78 is 0. The zero-order valence-corrected chi connectivity index (χ0v) is 14.4. The van der Waals surface area contributed by atoms with Gasteiger partial charge in [-0.2, -0.15) is 0 Å². The molecule has 0 amide bonds. The van der Waals surface area contributed by atoms with Crippen LogP contribution in [-0.2, 0) is 0 Å². The Morgan fingerprint density at radius 1 is 1.09 bits per heavy atom. The normalized spacial score (nSPS) is 56.4. The number of aliphatic hydroxyl groups excluding tert-OH is 2. The molecule has 0 heterocycles. The van der Waals surface area contributed by atoms with E-state index in [1.54, 1.807) is 0 Å². The smallest absolute Gasteiger partial charge is 0.0810 e. The quantitative estimate of drug-likeness (QED) is 0.666. The lowest BCUT2D eigenvalue weighted by Gasteiger charge is -2.65. The molecule has 0 saturated heterocycles. The van der Waals surface area contributed by atoms with E-state index >= 15 is 0 Å². The summed E-state index contributed by atoms with van der Waals surface area (Å²) in [5.74, 6) is 1.28. The van der Waals surface area contributed by atoms with Crippen LogP contribution < -0.4 is 0 Å². The van der Waals surface area contributed by atoms with E-state index in [1.165, 1.54) is 25.7 Å². The lowest BCUT2D eigenvalue weighted by Crippen LogP contribution is -2.61. The van der Waals surface area contributed by atoms with E-state index in [4.69, 9.17) is 0 Å². The molecule has 0 aromatic rings. The molecular formula is C20H32O2. The van der Waals surface area contributed by atoms with Crippen LogP contribution in [0.1, 0.15) is 65.7 Å². The molecule has 0 radical (unpaired) electrons. The van der Waals surface area contributed by atoms with Crippen LogP contribution in [0, 0.1) is 34.0 Å². The van der Waals surface area contributed by atoms with Gasteiger partial charge in [-0.3, -0.25) is 0 Å².